The van der Waals surface area contributed by atoms with E-state index >= 15 is 0 Å². The van der Waals surface area contributed by atoms with Gasteiger partial charge in [0.05, 0.1) is 5.69 Å². The first-order chi connectivity index (χ1) is 8.83. The second-order valence-corrected chi connectivity index (χ2v) is 4.40. The minimum absolute atomic E-state index is 0.543. The number of rotatable bonds is 7. The van der Waals surface area contributed by atoms with Crippen LogP contribution in [-0.2, 0) is 19.5 Å². The van der Waals surface area contributed by atoms with E-state index in [2.05, 4.69) is 32.8 Å². The number of tetrazole rings is 1. The molecule has 2 aromatic rings. The van der Waals surface area contributed by atoms with Crippen LogP contribution >= 0.6 is 11.6 Å². The Labute approximate surface area is 110 Å². The molecule has 0 amide bonds. The molecular formula is C10H16ClN7. The van der Waals surface area contributed by atoms with Crippen molar-refractivity contribution >= 4 is 11.6 Å². The number of hydrogen-bond acceptors (Lipinski definition) is 5. The molecule has 0 aliphatic heterocycles. The number of hydrogen-bond donors (Lipinski definition) is 0. The molecule has 0 bridgehead atoms. The summed E-state index contributed by atoms with van der Waals surface area (Å²) in [5, 5.41) is 19.8. The zero-order valence-electron chi connectivity index (χ0n) is 10.3. The number of alkyl halides is 1. The average Bonchev–Trinajstić information content (AvgIpc) is 2.98. The Morgan fingerprint density at radius 3 is 2.94 bits per heavy atom. The molecule has 2 heterocycles. The Morgan fingerprint density at radius 2 is 2.17 bits per heavy atom. The van der Waals surface area contributed by atoms with Gasteiger partial charge in [-0.05, 0) is 29.7 Å². The number of halogens is 1. The van der Waals surface area contributed by atoms with E-state index in [0.717, 1.165) is 37.3 Å². The van der Waals surface area contributed by atoms with Crippen molar-refractivity contribution in [1.82, 2.24) is 35.2 Å². The summed E-state index contributed by atoms with van der Waals surface area (Å²) in [7, 11) is 0. The minimum Gasteiger partial charge on any atom is -0.245 e. The van der Waals surface area contributed by atoms with Gasteiger partial charge in [-0.2, -0.15) is 0 Å². The van der Waals surface area contributed by atoms with Gasteiger partial charge in [0.2, 0.25) is 0 Å². The Balaban J connectivity index is 1.99. The lowest BCUT2D eigenvalue weighted by atomic mass is 10.3. The highest BCUT2D eigenvalue weighted by atomic mass is 35.5. The molecule has 0 fully saturated rings. The van der Waals surface area contributed by atoms with Crippen LogP contribution in [0, 0.1) is 0 Å². The molecule has 0 radical (unpaired) electrons. The van der Waals surface area contributed by atoms with Gasteiger partial charge in [0, 0.05) is 18.6 Å². The van der Waals surface area contributed by atoms with Crippen molar-refractivity contribution in [2.24, 2.45) is 0 Å². The predicted molar refractivity (Wildman–Crippen MR) is 66.3 cm³/mol. The van der Waals surface area contributed by atoms with Crippen LogP contribution in [0.4, 0.5) is 0 Å². The summed E-state index contributed by atoms with van der Waals surface area (Å²) in [6.45, 7) is 3.45. The Morgan fingerprint density at radius 1 is 1.28 bits per heavy atom. The van der Waals surface area contributed by atoms with Crippen LogP contribution in [0.5, 0.6) is 0 Å². The Kier molecular flexibility index (Phi) is 4.63. The predicted octanol–water partition coefficient (Wildman–Crippen LogP) is 0.894. The lowest BCUT2D eigenvalue weighted by Crippen LogP contribution is -2.10. The van der Waals surface area contributed by atoms with Crippen LogP contribution in [0.25, 0.3) is 0 Å². The van der Waals surface area contributed by atoms with Crippen molar-refractivity contribution in [2.75, 3.05) is 5.88 Å². The van der Waals surface area contributed by atoms with Crippen LogP contribution in [0.2, 0.25) is 0 Å². The molecule has 0 spiro atoms. The number of aryl methyl sites for hydroxylation is 2. The third-order valence-corrected chi connectivity index (χ3v) is 2.76. The molecule has 2 aromatic heterocycles. The standard InChI is InChI=1S/C10H16ClN7/c1-2-6-18-10(13-14-16-18)8-17-7-9(12-15-17)4-3-5-11/h7H,2-6,8H2,1H3. The third-order valence-electron chi connectivity index (χ3n) is 2.50. The molecular weight excluding hydrogens is 254 g/mol. The van der Waals surface area contributed by atoms with Gasteiger partial charge in [0.15, 0.2) is 5.82 Å². The van der Waals surface area contributed by atoms with Crippen molar-refractivity contribution in [3.8, 4) is 0 Å². The summed E-state index contributed by atoms with van der Waals surface area (Å²) in [6, 6.07) is 0. The summed E-state index contributed by atoms with van der Waals surface area (Å²) >= 11 is 5.64. The number of aromatic nitrogens is 7. The van der Waals surface area contributed by atoms with E-state index in [9.17, 15) is 0 Å². The lowest BCUT2D eigenvalue weighted by molar-refractivity contribution is 0.526. The van der Waals surface area contributed by atoms with E-state index in [1.165, 1.54) is 0 Å². The Hall–Kier alpha value is -1.50. The largest absolute Gasteiger partial charge is 0.245 e. The highest BCUT2D eigenvalue weighted by molar-refractivity contribution is 6.17. The van der Waals surface area contributed by atoms with Crippen molar-refractivity contribution in [3.05, 3.63) is 17.7 Å². The van der Waals surface area contributed by atoms with E-state index in [-0.39, 0.29) is 0 Å². The van der Waals surface area contributed by atoms with Gasteiger partial charge in [-0.15, -0.1) is 21.8 Å². The van der Waals surface area contributed by atoms with Crippen LogP contribution in [0.1, 0.15) is 31.3 Å². The summed E-state index contributed by atoms with van der Waals surface area (Å²) in [6.07, 6.45) is 4.67. The zero-order chi connectivity index (χ0) is 12.8. The van der Waals surface area contributed by atoms with E-state index in [0.29, 0.717) is 12.4 Å². The summed E-state index contributed by atoms with van der Waals surface area (Å²) in [4.78, 5) is 0. The smallest absolute Gasteiger partial charge is 0.172 e. The molecule has 8 heteroatoms. The maximum absolute atomic E-state index is 5.64. The van der Waals surface area contributed by atoms with Crippen molar-refractivity contribution in [1.29, 1.82) is 0 Å². The minimum atomic E-state index is 0.543. The van der Waals surface area contributed by atoms with Crippen molar-refractivity contribution < 1.29 is 0 Å². The highest BCUT2D eigenvalue weighted by Gasteiger charge is 2.07. The highest BCUT2D eigenvalue weighted by Crippen LogP contribution is 2.02. The van der Waals surface area contributed by atoms with Crippen LogP contribution < -0.4 is 0 Å². The monoisotopic (exact) mass is 269 g/mol. The van der Waals surface area contributed by atoms with Crippen molar-refractivity contribution in [2.45, 2.75) is 39.3 Å². The first-order valence-corrected chi connectivity index (χ1v) is 6.57. The molecule has 18 heavy (non-hydrogen) atoms. The maximum Gasteiger partial charge on any atom is 0.172 e. The molecule has 0 saturated carbocycles. The van der Waals surface area contributed by atoms with Crippen LogP contribution in [0.15, 0.2) is 6.20 Å². The van der Waals surface area contributed by atoms with Crippen LogP contribution in [-0.4, -0.2) is 41.1 Å². The fourth-order valence-electron chi connectivity index (χ4n) is 1.65. The van der Waals surface area contributed by atoms with Crippen LogP contribution in [0.3, 0.4) is 0 Å². The second kappa shape index (κ2) is 6.44. The molecule has 2 rings (SSSR count). The van der Waals surface area contributed by atoms with Gasteiger partial charge in [0.1, 0.15) is 6.54 Å². The molecule has 0 aliphatic rings. The van der Waals surface area contributed by atoms with E-state index in [1.54, 1.807) is 9.36 Å². The van der Waals surface area contributed by atoms with E-state index in [4.69, 9.17) is 11.6 Å². The molecule has 0 aliphatic carbocycles. The summed E-state index contributed by atoms with van der Waals surface area (Å²) < 4.78 is 3.54. The quantitative estimate of drug-likeness (QED) is 0.698. The zero-order valence-corrected chi connectivity index (χ0v) is 11.1. The van der Waals surface area contributed by atoms with Crippen molar-refractivity contribution in [3.63, 3.8) is 0 Å². The Bertz CT molecular complexity index is 478. The first-order valence-electron chi connectivity index (χ1n) is 6.03. The van der Waals surface area contributed by atoms with Gasteiger partial charge >= 0.3 is 0 Å². The summed E-state index contributed by atoms with van der Waals surface area (Å²) in [5.74, 6) is 1.44. The second-order valence-electron chi connectivity index (χ2n) is 4.02. The molecule has 0 unspecified atom stereocenters. The average molecular weight is 270 g/mol. The molecule has 0 N–H and O–H groups in total. The molecule has 7 nitrogen and oxygen atoms in total. The van der Waals surface area contributed by atoms with Gasteiger partial charge in [-0.25, -0.2) is 9.36 Å². The fourth-order valence-corrected chi connectivity index (χ4v) is 1.78. The molecule has 0 saturated heterocycles. The fraction of sp³-hybridized carbons (Fsp3) is 0.700. The SMILES string of the molecule is CCCn1nnnc1Cn1cc(CCCCl)nn1. The van der Waals surface area contributed by atoms with Gasteiger partial charge in [-0.1, -0.05) is 12.1 Å². The van der Waals surface area contributed by atoms with E-state index < -0.39 is 0 Å². The van der Waals surface area contributed by atoms with E-state index in [1.807, 2.05) is 6.20 Å². The molecule has 98 valence electrons. The third kappa shape index (κ3) is 3.25. The topological polar surface area (TPSA) is 74.3 Å². The normalized spacial score (nSPS) is 11.0. The summed E-state index contributed by atoms with van der Waals surface area (Å²) in [5.41, 5.74) is 0.949. The van der Waals surface area contributed by atoms with Gasteiger partial charge < -0.3 is 0 Å². The molecule has 0 atom stereocenters. The van der Waals surface area contributed by atoms with Gasteiger partial charge in [-0.3, -0.25) is 0 Å². The first kappa shape index (κ1) is 12.9. The lowest BCUT2D eigenvalue weighted by Gasteiger charge is -2.01. The van der Waals surface area contributed by atoms with Gasteiger partial charge in [0.25, 0.3) is 0 Å². The molecule has 0 aromatic carbocycles. The number of nitrogens with zero attached hydrogens (tertiary/aromatic N) is 7. The maximum atomic E-state index is 5.64.